The van der Waals surface area contributed by atoms with Crippen LogP contribution in [0.25, 0.3) is 17.0 Å². The minimum atomic E-state index is -1.03. The molecule has 3 aromatic rings. The van der Waals surface area contributed by atoms with Crippen LogP contribution in [-0.4, -0.2) is 34.6 Å². The molecule has 0 unspecified atom stereocenters. The number of aromatic amines is 1. The number of hydrogen-bond acceptors (Lipinski definition) is 7. The molecule has 1 N–H and O–H groups in total. The number of carbonyl (C=O) groups is 2. The molecule has 1 aliphatic rings. The molecule has 9 nitrogen and oxygen atoms in total. The predicted octanol–water partition coefficient (Wildman–Crippen LogP) is 3.63. The molecule has 0 saturated carbocycles. The van der Waals surface area contributed by atoms with Crippen molar-refractivity contribution < 1.29 is 28.7 Å². The second-order valence-electron chi connectivity index (χ2n) is 6.55. The molecule has 1 aliphatic heterocycles. The summed E-state index contributed by atoms with van der Waals surface area (Å²) in [7, 11) is 0. The van der Waals surface area contributed by atoms with Crippen molar-refractivity contribution in [2.75, 3.05) is 6.79 Å². The van der Waals surface area contributed by atoms with Crippen molar-refractivity contribution in [3.05, 3.63) is 69.9 Å². The zero-order chi connectivity index (χ0) is 21.3. The SMILES string of the molecule is C[C@H](OC(=O)/C=C/c1cc2c(cc1[N+](=O)[O-])OCO2)C(=O)c1c[nH]c2ccccc12. The van der Waals surface area contributed by atoms with Gasteiger partial charge in [0.05, 0.1) is 16.6 Å². The van der Waals surface area contributed by atoms with E-state index in [2.05, 4.69) is 4.98 Å². The molecule has 152 valence electrons. The maximum absolute atomic E-state index is 12.7. The van der Waals surface area contributed by atoms with Gasteiger partial charge in [-0.2, -0.15) is 0 Å². The fraction of sp³-hybridized carbons (Fsp3) is 0.143. The number of carbonyl (C=O) groups excluding carboxylic acids is 2. The second-order valence-corrected chi connectivity index (χ2v) is 6.55. The second kappa shape index (κ2) is 7.70. The van der Waals surface area contributed by atoms with Crippen molar-refractivity contribution in [2.24, 2.45) is 0 Å². The van der Waals surface area contributed by atoms with E-state index >= 15 is 0 Å². The lowest BCUT2D eigenvalue weighted by Gasteiger charge is -2.10. The average molecular weight is 408 g/mol. The summed E-state index contributed by atoms with van der Waals surface area (Å²) in [5, 5.41) is 12.0. The first-order valence-electron chi connectivity index (χ1n) is 9.01. The van der Waals surface area contributed by atoms with Crippen LogP contribution >= 0.6 is 0 Å². The van der Waals surface area contributed by atoms with E-state index in [4.69, 9.17) is 14.2 Å². The van der Waals surface area contributed by atoms with Gasteiger partial charge in [-0.25, -0.2) is 4.79 Å². The minimum absolute atomic E-state index is 0.0326. The molecule has 1 atom stereocenters. The van der Waals surface area contributed by atoms with Gasteiger partial charge in [-0.1, -0.05) is 18.2 Å². The van der Waals surface area contributed by atoms with Gasteiger partial charge in [0.25, 0.3) is 5.69 Å². The zero-order valence-electron chi connectivity index (χ0n) is 15.8. The van der Waals surface area contributed by atoms with E-state index in [1.165, 1.54) is 25.1 Å². The zero-order valence-corrected chi connectivity index (χ0v) is 15.8. The number of nitro groups is 1. The lowest BCUT2D eigenvalue weighted by molar-refractivity contribution is -0.385. The van der Waals surface area contributed by atoms with Gasteiger partial charge in [0.15, 0.2) is 17.6 Å². The number of nitro benzene ring substituents is 1. The predicted molar refractivity (Wildman–Crippen MR) is 106 cm³/mol. The summed E-state index contributed by atoms with van der Waals surface area (Å²) in [6.07, 6.45) is 2.81. The molecule has 0 bridgehead atoms. The Morgan fingerprint density at radius 1 is 1.23 bits per heavy atom. The molecular formula is C21H16N2O7. The van der Waals surface area contributed by atoms with E-state index in [0.29, 0.717) is 11.3 Å². The third-order valence-electron chi connectivity index (χ3n) is 4.63. The number of para-hydroxylation sites is 1. The molecule has 0 aliphatic carbocycles. The third kappa shape index (κ3) is 3.60. The van der Waals surface area contributed by atoms with Gasteiger partial charge in [0, 0.05) is 28.7 Å². The van der Waals surface area contributed by atoms with Crippen LogP contribution in [-0.2, 0) is 9.53 Å². The number of nitrogens with one attached hydrogen (secondary N) is 1. The number of hydrogen-bond donors (Lipinski definition) is 1. The average Bonchev–Trinajstić information content (AvgIpc) is 3.37. The van der Waals surface area contributed by atoms with E-state index in [1.807, 2.05) is 18.2 Å². The summed E-state index contributed by atoms with van der Waals surface area (Å²) < 4.78 is 15.5. The number of Topliss-reactive ketones (excluding diaryl/α,β-unsaturated/α-hetero) is 1. The number of esters is 1. The Morgan fingerprint density at radius 3 is 2.73 bits per heavy atom. The van der Waals surface area contributed by atoms with Crippen LogP contribution in [0.2, 0.25) is 0 Å². The highest BCUT2D eigenvalue weighted by Crippen LogP contribution is 2.38. The highest BCUT2D eigenvalue weighted by Gasteiger charge is 2.23. The topological polar surface area (TPSA) is 121 Å². The number of rotatable bonds is 6. The van der Waals surface area contributed by atoms with E-state index in [1.54, 1.807) is 12.3 Å². The Hall–Kier alpha value is -4.14. The first kappa shape index (κ1) is 19.2. The molecule has 1 aromatic heterocycles. The summed E-state index contributed by atoms with van der Waals surface area (Å²) in [4.78, 5) is 38.5. The molecule has 2 heterocycles. The van der Waals surface area contributed by atoms with Crippen LogP contribution in [0.15, 0.2) is 48.7 Å². The lowest BCUT2D eigenvalue weighted by Crippen LogP contribution is -2.23. The lowest BCUT2D eigenvalue weighted by atomic mass is 10.1. The van der Waals surface area contributed by atoms with E-state index in [0.717, 1.165) is 17.0 Å². The van der Waals surface area contributed by atoms with Crippen LogP contribution in [0, 0.1) is 10.1 Å². The maximum atomic E-state index is 12.7. The van der Waals surface area contributed by atoms with Crippen LogP contribution in [0.3, 0.4) is 0 Å². The van der Waals surface area contributed by atoms with Crippen molar-refractivity contribution in [3.8, 4) is 11.5 Å². The largest absolute Gasteiger partial charge is 0.454 e. The van der Waals surface area contributed by atoms with E-state index < -0.39 is 17.0 Å². The molecule has 30 heavy (non-hydrogen) atoms. The number of fused-ring (bicyclic) bond motifs is 2. The molecule has 0 saturated heterocycles. The fourth-order valence-corrected chi connectivity index (χ4v) is 3.16. The van der Waals surface area contributed by atoms with Gasteiger partial charge in [0.1, 0.15) is 0 Å². The smallest absolute Gasteiger partial charge is 0.331 e. The summed E-state index contributed by atoms with van der Waals surface area (Å²) >= 11 is 0. The number of aromatic nitrogens is 1. The maximum Gasteiger partial charge on any atom is 0.331 e. The number of H-pyrrole nitrogens is 1. The standard InChI is InChI=1S/C21H16N2O7/c1-12(21(25)15-10-22-16-5-3-2-4-14(15)16)30-20(24)7-6-13-8-18-19(29-11-28-18)9-17(13)23(26)27/h2-10,12,22H,11H2,1H3/b7-6+/t12-/m0/s1. The molecule has 0 spiro atoms. The van der Waals surface area contributed by atoms with Crippen molar-refractivity contribution >= 4 is 34.4 Å². The number of ether oxygens (including phenoxy) is 3. The van der Waals surface area contributed by atoms with Crippen LogP contribution in [0.1, 0.15) is 22.8 Å². The van der Waals surface area contributed by atoms with Gasteiger partial charge >= 0.3 is 5.97 Å². The molecule has 4 rings (SSSR count). The van der Waals surface area contributed by atoms with Crippen molar-refractivity contribution in [2.45, 2.75) is 13.0 Å². The Balaban J connectivity index is 1.49. The molecular weight excluding hydrogens is 392 g/mol. The molecule has 2 aromatic carbocycles. The molecule has 0 fully saturated rings. The molecule has 0 amide bonds. The molecule has 0 radical (unpaired) electrons. The number of nitrogens with zero attached hydrogens (tertiary/aromatic N) is 1. The van der Waals surface area contributed by atoms with Crippen molar-refractivity contribution in [3.63, 3.8) is 0 Å². The Bertz CT molecular complexity index is 1200. The first-order chi connectivity index (χ1) is 14.4. The normalized spacial score (nSPS) is 13.5. The van der Waals surface area contributed by atoms with Gasteiger partial charge in [-0.15, -0.1) is 0 Å². The number of ketones is 1. The van der Waals surface area contributed by atoms with Gasteiger partial charge < -0.3 is 19.2 Å². The first-order valence-corrected chi connectivity index (χ1v) is 9.01. The minimum Gasteiger partial charge on any atom is -0.454 e. The summed E-state index contributed by atoms with van der Waals surface area (Å²) in [6, 6.07) is 9.93. The highest BCUT2D eigenvalue weighted by atomic mass is 16.7. The fourth-order valence-electron chi connectivity index (χ4n) is 3.16. The Labute approximate surface area is 170 Å². The Kier molecular flexibility index (Phi) is 4.93. The summed E-state index contributed by atoms with van der Waals surface area (Å²) in [6.45, 7) is 1.44. The highest BCUT2D eigenvalue weighted by molar-refractivity contribution is 6.10. The Morgan fingerprint density at radius 2 is 1.97 bits per heavy atom. The van der Waals surface area contributed by atoms with Gasteiger partial charge in [0.2, 0.25) is 12.6 Å². The summed E-state index contributed by atoms with van der Waals surface area (Å²) in [5.41, 5.74) is 1.12. The van der Waals surface area contributed by atoms with Crippen LogP contribution in [0.5, 0.6) is 11.5 Å². The van der Waals surface area contributed by atoms with Crippen molar-refractivity contribution in [1.29, 1.82) is 0 Å². The van der Waals surface area contributed by atoms with Crippen LogP contribution < -0.4 is 9.47 Å². The molecule has 9 heteroatoms. The van der Waals surface area contributed by atoms with Crippen LogP contribution in [0.4, 0.5) is 5.69 Å². The van der Waals surface area contributed by atoms with Gasteiger partial charge in [-0.3, -0.25) is 14.9 Å². The van der Waals surface area contributed by atoms with E-state index in [9.17, 15) is 19.7 Å². The summed E-state index contributed by atoms with van der Waals surface area (Å²) in [5.74, 6) is -0.554. The van der Waals surface area contributed by atoms with E-state index in [-0.39, 0.29) is 29.6 Å². The van der Waals surface area contributed by atoms with Crippen molar-refractivity contribution in [1.82, 2.24) is 4.98 Å². The number of benzene rings is 2. The third-order valence-corrected chi connectivity index (χ3v) is 4.63. The quantitative estimate of drug-likeness (QED) is 0.217. The van der Waals surface area contributed by atoms with Gasteiger partial charge in [-0.05, 0) is 25.1 Å². The monoisotopic (exact) mass is 408 g/mol.